The topological polar surface area (TPSA) is 101 Å². The van der Waals surface area contributed by atoms with Crippen LogP contribution in [0, 0.1) is 0 Å². The molecular formula is C19H22N2O6S2. The van der Waals surface area contributed by atoms with E-state index in [4.69, 9.17) is 4.74 Å². The molecule has 1 aromatic rings. The quantitative estimate of drug-likeness (QED) is 0.624. The Morgan fingerprint density at radius 3 is 2.55 bits per heavy atom. The van der Waals surface area contributed by atoms with Crippen LogP contribution in [0.2, 0.25) is 0 Å². The van der Waals surface area contributed by atoms with Gasteiger partial charge in [0, 0.05) is 12.6 Å². The molecule has 3 rings (SSSR count). The van der Waals surface area contributed by atoms with Gasteiger partial charge in [-0.15, -0.1) is 0 Å². The molecule has 156 valence electrons. The van der Waals surface area contributed by atoms with Gasteiger partial charge in [-0.05, 0) is 48.9 Å². The second-order valence-electron chi connectivity index (χ2n) is 6.78. The van der Waals surface area contributed by atoms with Gasteiger partial charge >= 0.3 is 0 Å². The minimum atomic E-state index is -3.14. The van der Waals surface area contributed by atoms with Gasteiger partial charge < -0.3 is 9.64 Å². The van der Waals surface area contributed by atoms with Crippen molar-refractivity contribution in [2.45, 2.75) is 19.4 Å². The third kappa shape index (κ3) is 4.81. The molecule has 2 aliphatic heterocycles. The fourth-order valence-corrected chi connectivity index (χ4v) is 5.94. The summed E-state index contributed by atoms with van der Waals surface area (Å²) in [7, 11) is -1.59. The molecule has 10 heteroatoms. The highest BCUT2D eigenvalue weighted by Gasteiger charge is 2.39. The Morgan fingerprint density at radius 2 is 2.00 bits per heavy atom. The van der Waals surface area contributed by atoms with Crippen LogP contribution in [0.1, 0.15) is 18.9 Å². The molecule has 8 nitrogen and oxygen atoms in total. The first-order chi connectivity index (χ1) is 13.7. The molecule has 3 amide bonds. The highest BCUT2D eigenvalue weighted by atomic mass is 32.2. The molecule has 1 atom stereocenters. The molecule has 29 heavy (non-hydrogen) atoms. The lowest BCUT2D eigenvalue weighted by atomic mass is 10.2. The van der Waals surface area contributed by atoms with Gasteiger partial charge in [-0.3, -0.25) is 19.3 Å². The summed E-state index contributed by atoms with van der Waals surface area (Å²) in [6.45, 7) is 1.67. The number of carbonyl (C=O) groups excluding carboxylic acids is 3. The van der Waals surface area contributed by atoms with Gasteiger partial charge in [0.05, 0.1) is 23.5 Å². The van der Waals surface area contributed by atoms with Crippen molar-refractivity contribution in [3.05, 3.63) is 34.7 Å². The number of nitrogens with zero attached hydrogens (tertiary/aromatic N) is 2. The van der Waals surface area contributed by atoms with Crippen molar-refractivity contribution < 1.29 is 27.5 Å². The number of methoxy groups -OCH3 is 1. The van der Waals surface area contributed by atoms with E-state index in [0.29, 0.717) is 18.7 Å². The normalized spacial score (nSPS) is 22.3. The molecule has 0 N–H and O–H groups in total. The summed E-state index contributed by atoms with van der Waals surface area (Å²) in [6, 6.07) is 6.60. The number of likely N-dealkylation sites (N-methyl/N-ethyl adjacent to an activating group) is 1. The van der Waals surface area contributed by atoms with E-state index in [2.05, 4.69) is 0 Å². The standard InChI is InChI=1S/C19H22N2O6S2/c1-3-20(14-8-9-29(25,26)12-14)17(22)11-21-18(23)16(28-19(21)24)10-13-4-6-15(27-2)7-5-13/h4-7,10,14H,3,8-9,11-12H2,1-2H3/b16-10-/t14-/m1/s1. The smallest absolute Gasteiger partial charge is 0.294 e. The first-order valence-electron chi connectivity index (χ1n) is 9.13. The number of amides is 3. The molecule has 0 aromatic heterocycles. The van der Waals surface area contributed by atoms with Gasteiger partial charge in [0.1, 0.15) is 12.3 Å². The molecule has 0 bridgehead atoms. The third-order valence-electron chi connectivity index (χ3n) is 4.89. The first kappa shape index (κ1) is 21.4. The molecular weight excluding hydrogens is 416 g/mol. The van der Waals surface area contributed by atoms with Crippen LogP contribution in [0.25, 0.3) is 6.08 Å². The van der Waals surface area contributed by atoms with Crippen molar-refractivity contribution in [3.8, 4) is 5.75 Å². The van der Waals surface area contributed by atoms with E-state index in [-0.39, 0.29) is 16.4 Å². The van der Waals surface area contributed by atoms with E-state index < -0.39 is 39.5 Å². The van der Waals surface area contributed by atoms with Crippen LogP contribution >= 0.6 is 11.8 Å². The number of ether oxygens (including phenoxy) is 1. The van der Waals surface area contributed by atoms with Crippen LogP contribution in [0.3, 0.4) is 0 Å². The van der Waals surface area contributed by atoms with Crippen LogP contribution in [0.5, 0.6) is 5.75 Å². The van der Waals surface area contributed by atoms with Gasteiger partial charge in [-0.2, -0.15) is 0 Å². The van der Waals surface area contributed by atoms with E-state index in [1.54, 1.807) is 44.4 Å². The molecule has 0 unspecified atom stereocenters. The molecule has 0 spiro atoms. The molecule has 1 aromatic carbocycles. The van der Waals surface area contributed by atoms with Crippen molar-refractivity contribution in [1.82, 2.24) is 9.80 Å². The summed E-state index contributed by atoms with van der Waals surface area (Å²) in [5.41, 5.74) is 0.731. The predicted octanol–water partition coefficient (Wildman–Crippen LogP) is 1.77. The van der Waals surface area contributed by atoms with Crippen LogP contribution in [-0.4, -0.2) is 73.0 Å². The summed E-state index contributed by atoms with van der Waals surface area (Å²) in [4.78, 5) is 40.2. The van der Waals surface area contributed by atoms with E-state index in [9.17, 15) is 22.8 Å². The molecule has 2 heterocycles. The number of benzene rings is 1. The minimum Gasteiger partial charge on any atom is -0.497 e. The Kier molecular flexibility index (Phi) is 6.33. The van der Waals surface area contributed by atoms with Gasteiger partial charge in [-0.1, -0.05) is 12.1 Å². The number of imide groups is 1. The molecule has 2 saturated heterocycles. The van der Waals surface area contributed by atoms with E-state index >= 15 is 0 Å². The maximum Gasteiger partial charge on any atom is 0.294 e. The fraction of sp³-hybridized carbons (Fsp3) is 0.421. The zero-order valence-electron chi connectivity index (χ0n) is 16.2. The molecule has 2 aliphatic rings. The molecule has 0 aliphatic carbocycles. The summed E-state index contributed by atoms with van der Waals surface area (Å²) in [5.74, 6) is -0.310. The third-order valence-corrected chi connectivity index (χ3v) is 7.55. The van der Waals surface area contributed by atoms with Crippen LogP contribution in [0.15, 0.2) is 29.2 Å². The van der Waals surface area contributed by atoms with Gasteiger partial charge in [0.25, 0.3) is 11.1 Å². The van der Waals surface area contributed by atoms with Crippen molar-refractivity contribution >= 4 is 44.7 Å². The van der Waals surface area contributed by atoms with Gasteiger partial charge in [0.2, 0.25) is 5.91 Å². The average molecular weight is 439 g/mol. The highest BCUT2D eigenvalue weighted by Crippen LogP contribution is 2.32. The Morgan fingerprint density at radius 1 is 1.31 bits per heavy atom. The van der Waals surface area contributed by atoms with Crippen LogP contribution in [0.4, 0.5) is 4.79 Å². The number of hydrogen-bond acceptors (Lipinski definition) is 7. The monoisotopic (exact) mass is 438 g/mol. The summed E-state index contributed by atoms with van der Waals surface area (Å²) in [5, 5.41) is -0.516. The summed E-state index contributed by atoms with van der Waals surface area (Å²) < 4.78 is 28.5. The SMILES string of the molecule is CCN(C(=O)CN1C(=O)S/C(=C\c2ccc(OC)cc2)C1=O)[C@@H]1CCS(=O)(=O)C1. The van der Waals surface area contributed by atoms with Gasteiger partial charge in [0.15, 0.2) is 9.84 Å². The lowest BCUT2D eigenvalue weighted by Crippen LogP contribution is -2.47. The van der Waals surface area contributed by atoms with Crippen molar-refractivity contribution in [2.75, 3.05) is 31.7 Å². The Balaban J connectivity index is 1.70. The number of sulfone groups is 1. The largest absolute Gasteiger partial charge is 0.497 e. The van der Waals surface area contributed by atoms with Crippen molar-refractivity contribution in [3.63, 3.8) is 0 Å². The summed E-state index contributed by atoms with van der Waals surface area (Å²) >= 11 is 0.781. The Hall–Kier alpha value is -2.33. The second kappa shape index (κ2) is 8.58. The van der Waals surface area contributed by atoms with Gasteiger partial charge in [-0.25, -0.2) is 8.42 Å². The summed E-state index contributed by atoms with van der Waals surface area (Å²) in [6.07, 6.45) is 1.97. The zero-order valence-corrected chi connectivity index (χ0v) is 17.8. The van der Waals surface area contributed by atoms with Crippen LogP contribution < -0.4 is 4.74 Å². The first-order valence-corrected chi connectivity index (χ1v) is 11.8. The molecule has 0 saturated carbocycles. The molecule has 2 fully saturated rings. The Labute approximate surface area is 173 Å². The zero-order chi connectivity index (χ0) is 21.2. The van der Waals surface area contributed by atoms with Crippen molar-refractivity contribution in [1.29, 1.82) is 0 Å². The van der Waals surface area contributed by atoms with E-state index in [0.717, 1.165) is 22.2 Å². The maximum absolute atomic E-state index is 12.7. The lowest BCUT2D eigenvalue weighted by molar-refractivity contribution is -0.137. The number of hydrogen-bond donors (Lipinski definition) is 0. The average Bonchev–Trinajstić information content (AvgIpc) is 3.16. The molecule has 0 radical (unpaired) electrons. The van der Waals surface area contributed by atoms with E-state index in [1.165, 1.54) is 4.90 Å². The maximum atomic E-state index is 12.7. The van der Waals surface area contributed by atoms with Crippen molar-refractivity contribution in [2.24, 2.45) is 0 Å². The van der Waals surface area contributed by atoms with Crippen LogP contribution in [-0.2, 0) is 19.4 Å². The Bertz CT molecular complexity index is 955. The second-order valence-corrected chi connectivity index (χ2v) is 10.00. The minimum absolute atomic E-state index is 0.0492. The lowest BCUT2D eigenvalue weighted by Gasteiger charge is -2.28. The number of rotatable bonds is 6. The predicted molar refractivity (Wildman–Crippen MR) is 110 cm³/mol. The number of carbonyl (C=O) groups is 3. The van der Waals surface area contributed by atoms with E-state index in [1.807, 2.05) is 0 Å². The fourth-order valence-electron chi connectivity index (χ4n) is 3.37. The number of thioether (sulfide) groups is 1. The highest BCUT2D eigenvalue weighted by molar-refractivity contribution is 8.18.